The van der Waals surface area contributed by atoms with Crippen molar-refractivity contribution in [3.05, 3.63) is 51.0 Å². The maximum absolute atomic E-state index is 11.7. The van der Waals surface area contributed by atoms with Crippen LogP contribution in [0.3, 0.4) is 0 Å². The summed E-state index contributed by atoms with van der Waals surface area (Å²) in [6, 6.07) is 8.62. The number of nitro benzene ring substituents is 1. The first kappa shape index (κ1) is 19.9. The Morgan fingerprint density at radius 3 is 2.79 bits per heavy atom. The van der Waals surface area contributed by atoms with Crippen LogP contribution in [0.2, 0.25) is 5.02 Å². The molecule has 1 fully saturated rings. The molecule has 0 saturated carbocycles. The van der Waals surface area contributed by atoms with Crippen molar-refractivity contribution in [2.24, 2.45) is 5.92 Å². The van der Waals surface area contributed by atoms with Crippen molar-refractivity contribution >= 4 is 68.6 Å². The van der Waals surface area contributed by atoms with Gasteiger partial charge in [0.25, 0.3) is 5.69 Å². The highest BCUT2D eigenvalue weighted by Crippen LogP contribution is 2.34. The van der Waals surface area contributed by atoms with Gasteiger partial charge in [-0.3, -0.25) is 10.1 Å². The summed E-state index contributed by atoms with van der Waals surface area (Å²) in [4.78, 5) is 13.8. The molecule has 0 spiro atoms. The zero-order valence-corrected chi connectivity index (χ0v) is 18.0. The number of thiocarbonyl (C=S) groups is 1. The number of nitrogens with one attached hydrogen (secondary N) is 1. The van der Waals surface area contributed by atoms with Crippen LogP contribution in [0.15, 0.2) is 30.3 Å². The highest BCUT2D eigenvalue weighted by molar-refractivity contribution is 7.81. The fourth-order valence-corrected chi connectivity index (χ4v) is 4.43. The molecule has 0 aliphatic carbocycles. The Morgan fingerprint density at radius 2 is 2.07 bits per heavy atom. The molecule has 0 unspecified atom stereocenters. The Kier molecular flexibility index (Phi) is 5.62. The summed E-state index contributed by atoms with van der Waals surface area (Å²) in [5, 5.41) is 15.3. The quantitative estimate of drug-likeness (QED) is 0.331. The molecule has 7 nitrogen and oxygen atoms in total. The van der Waals surface area contributed by atoms with Crippen LogP contribution < -0.4 is 10.2 Å². The first-order valence-corrected chi connectivity index (χ1v) is 10.7. The van der Waals surface area contributed by atoms with Gasteiger partial charge in [0.05, 0.1) is 27.4 Å². The van der Waals surface area contributed by atoms with Gasteiger partial charge in [0, 0.05) is 24.7 Å². The van der Waals surface area contributed by atoms with Gasteiger partial charge < -0.3 is 10.2 Å². The van der Waals surface area contributed by atoms with Crippen LogP contribution in [0.5, 0.6) is 0 Å². The van der Waals surface area contributed by atoms with Gasteiger partial charge in [0.2, 0.25) is 0 Å². The van der Waals surface area contributed by atoms with Crippen LogP contribution in [0.4, 0.5) is 17.1 Å². The summed E-state index contributed by atoms with van der Waals surface area (Å²) in [7, 11) is 0. The molecule has 150 valence electrons. The molecular formula is C19H18ClN5O2S2. The van der Waals surface area contributed by atoms with Gasteiger partial charge in [0.1, 0.15) is 21.7 Å². The van der Waals surface area contributed by atoms with E-state index in [2.05, 4.69) is 25.9 Å². The molecule has 0 radical (unpaired) electrons. The third-order valence-electron chi connectivity index (χ3n) is 5.17. The van der Waals surface area contributed by atoms with E-state index < -0.39 is 0 Å². The minimum atomic E-state index is -0.350. The predicted molar refractivity (Wildman–Crippen MR) is 121 cm³/mol. The molecule has 0 bridgehead atoms. The van der Waals surface area contributed by atoms with E-state index >= 15 is 0 Å². The molecule has 2 aromatic carbocycles. The molecule has 1 aliphatic rings. The van der Waals surface area contributed by atoms with Gasteiger partial charge in [-0.15, -0.1) is 0 Å². The topological polar surface area (TPSA) is 84.2 Å². The lowest BCUT2D eigenvalue weighted by molar-refractivity contribution is -0.384. The summed E-state index contributed by atoms with van der Waals surface area (Å²) in [5.41, 5.74) is 3.14. The number of rotatable bonds is 4. The van der Waals surface area contributed by atoms with Crippen molar-refractivity contribution in [3.63, 3.8) is 0 Å². The number of nitrogens with zero attached hydrogens (tertiary/aromatic N) is 4. The monoisotopic (exact) mass is 447 g/mol. The van der Waals surface area contributed by atoms with E-state index in [1.807, 2.05) is 6.07 Å². The minimum absolute atomic E-state index is 0.0563. The Bertz CT molecular complexity index is 1100. The van der Waals surface area contributed by atoms with Crippen LogP contribution in [-0.4, -0.2) is 31.7 Å². The van der Waals surface area contributed by atoms with Crippen molar-refractivity contribution < 1.29 is 4.92 Å². The second-order valence-corrected chi connectivity index (χ2v) is 8.48. The summed E-state index contributed by atoms with van der Waals surface area (Å²) >= 11 is 12.9. The average Bonchev–Trinajstić information content (AvgIpc) is 3.19. The number of aromatic nitrogens is 2. The van der Waals surface area contributed by atoms with E-state index in [4.69, 9.17) is 23.8 Å². The van der Waals surface area contributed by atoms with Crippen LogP contribution in [0, 0.1) is 16.0 Å². The average molecular weight is 448 g/mol. The fraction of sp³-hybridized carbons (Fsp3) is 0.316. The lowest BCUT2D eigenvalue weighted by Crippen LogP contribution is -2.33. The van der Waals surface area contributed by atoms with Crippen molar-refractivity contribution in [2.45, 2.75) is 19.8 Å². The van der Waals surface area contributed by atoms with E-state index in [-0.39, 0.29) is 10.6 Å². The molecular weight excluding hydrogens is 430 g/mol. The van der Waals surface area contributed by atoms with Gasteiger partial charge in [-0.2, -0.15) is 8.75 Å². The first-order valence-electron chi connectivity index (χ1n) is 9.19. The van der Waals surface area contributed by atoms with E-state index in [9.17, 15) is 10.1 Å². The standard InChI is InChI=1S/C19H18ClN5O2S2/c1-11-6-8-24(9-7-11)15-5-2-12(10-16(15)25(26)27)19(28)21-17-13(20)3-4-14-18(17)23-29-22-14/h2-5,10-11H,6-9H2,1H3,(H,21,28). The summed E-state index contributed by atoms with van der Waals surface area (Å²) in [6.45, 7) is 3.85. The molecule has 29 heavy (non-hydrogen) atoms. The highest BCUT2D eigenvalue weighted by atomic mass is 35.5. The largest absolute Gasteiger partial charge is 0.366 e. The Labute approximate surface area is 182 Å². The van der Waals surface area contributed by atoms with Crippen molar-refractivity contribution in [1.29, 1.82) is 0 Å². The maximum atomic E-state index is 11.7. The summed E-state index contributed by atoms with van der Waals surface area (Å²) in [6.07, 6.45) is 2.06. The number of piperidine rings is 1. The summed E-state index contributed by atoms with van der Waals surface area (Å²) < 4.78 is 8.46. The van der Waals surface area contributed by atoms with Crippen LogP contribution in [0.25, 0.3) is 11.0 Å². The second-order valence-electron chi connectivity index (χ2n) is 7.14. The lowest BCUT2D eigenvalue weighted by Gasteiger charge is -2.31. The van der Waals surface area contributed by atoms with E-state index in [1.54, 1.807) is 18.2 Å². The normalized spacial score (nSPS) is 14.9. The van der Waals surface area contributed by atoms with E-state index in [0.717, 1.165) is 37.7 Å². The minimum Gasteiger partial charge on any atom is -0.366 e. The third kappa shape index (κ3) is 4.03. The first-order chi connectivity index (χ1) is 13.9. The SMILES string of the molecule is CC1CCN(c2ccc(C(=S)Nc3c(Cl)ccc4nsnc34)cc2[N+](=O)[O-])CC1. The van der Waals surface area contributed by atoms with Crippen molar-refractivity contribution in [1.82, 2.24) is 8.75 Å². The fourth-order valence-electron chi connectivity index (χ4n) is 3.46. The molecule has 1 aromatic heterocycles. The van der Waals surface area contributed by atoms with Crippen LogP contribution in [-0.2, 0) is 0 Å². The molecule has 0 amide bonds. The number of hydrogen-bond acceptors (Lipinski definition) is 7. The molecule has 1 N–H and O–H groups in total. The number of benzene rings is 2. The lowest BCUT2D eigenvalue weighted by atomic mass is 9.98. The maximum Gasteiger partial charge on any atom is 0.293 e. The number of halogens is 1. The van der Waals surface area contributed by atoms with Crippen LogP contribution >= 0.6 is 35.5 Å². The third-order valence-corrected chi connectivity index (χ3v) is 6.37. The summed E-state index contributed by atoms with van der Waals surface area (Å²) in [5.74, 6) is 0.647. The van der Waals surface area contributed by atoms with E-state index in [1.165, 1.54) is 6.07 Å². The second kappa shape index (κ2) is 8.17. The number of anilines is 2. The molecule has 10 heteroatoms. The predicted octanol–water partition coefficient (Wildman–Crippen LogP) is 5.28. The van der Waals surface area contributed by atoms with Gasteiger partial charge in [-0.25, -0.2) is 0 Å². The van der Waals surface area contributed by atoms with Gasteiger partial charge in [0.15, 0.2) is 0 Å². The molecule has 1 saturated heterocycles. The Hall–Kier alpha value is -2.36. The number of nitro groups is 1. The van der Waals surface area contributed by atoms with Gasteiger partial charge >= 0.3 is 0 Å². The van der Waals surface area contributed by atoms with Gasteiger partial charge in [-0.1, -0.05) is 30.7 Å². The zero-order valence-electron chi connectivity index (χ0n) is 15.6. The zero-order chi connectivity index (χ0) is 20.5. The van der Waals surface area contributed by atoms with Crippen molar-refractivity contribution in [2.75, 3.05) is 23.3 Å². The van der Waals surface area contributed by atoms with Crippen molar-refractivity contribution in [3.8, 4) is 0 Å². The van der Waals surface area contributed by atoms with Crippen LogP contribution in [0.1, 0.15) is 25.3 Å². The molecule has 1 aliphatic heterocycles. The molecule has 4 rings (SSSR count). The molecule has 2 heterocycles. The van der Waals surface area contributed by atoms with E-state index in [0.29, 0.717) is 43.9 Å². The number of hydrogen-bond donors (Lipinski definition) is 1. The Balaban J connectivity index is 1.63. The number of fused-ring (bicyclic) bond motifs is 1. The molecule has 0 atom stereocenters. The Morgan fingerprint density at radius 1 is 1.31 bits per heavy atom. The highest BCUT2D eigenvalue weighted by Gasteiger charge is 2.24. The smallest absolute Gasteiger partial charge is 0.293 e. The molecule has 3 aromatic rings. The van der Waals surface area contributed by atoms with Gasteiger partial charge in [-0.05, 0) is 43.0 Å².